The summed E-state index contributed by atoms with van der Waals surface area (Å²) in [5, 5.41) is 10.4. The van der Waals surface area contributed by atoms with E-state index in [1.165, 1.54) is 45.4 Å². The fourth-order valence-electron chi connectivity index (χ4n) is 10.2. The van der Waals surface area contributed by atoms with E-state index in [1.807, 2.05) is 0 Å². The molecule has 4 atom stereocenters. The number of aliphatic hydroxyl groups excluding tert-OH is 1. The average Bonchev–Trinajstić information content (AvgIpc) is 3.41. The third-order valence-electron chi connectivity index (χ3n) is 12.0. The Balaban J connectivity index is 0.000000142. The Morgan fingerprint density at radius 3 is 1.70 bits per heavy atom. The van der Waals surface area contributed by atoms with Gasteiger partial charge in [0.2, 0.25) is 6.10 Å². The maximum atomic E-state index is 12.0. The second-order valence-corrected chi connectivity index (χ2v) is 15.7. The van der Waals surface area contributed by atoms with Gasteiger partial charge in [-0.2, -0.15) is 0 Å². The van der Waals surface area contributed by atoms with Crippen LogP contribution in [0.3, 0.4) is 0 Å². The quantitative estimate of drug-likeness (QED) is 0.195. The summed E-state index contributed by atoms with van der Waals surface area (Å²) in [5.74, 6) is 3.16. The van der Waals surface area contributed by atoms with Crippen LogP contribution in [-0.4, -0.2) is 59.0 Å². The Morgan fingerprint density at radius 2 is 1.26 bits per heavy atom. The number of cyclic esters (lactones) is 1. The van der Waals surface area contributed by atoms with E-state index in [2.05, 4.69) is 31.4 Å². The van der Waals surface area contributed by atoms with E-state index in [-0.39, 0.29) is 23.1 Å². The minimum atomic E-state index is -0.728. The summed E-state index contributed by atoms with van der Waals surface area (Å²) in [6.07, 6.45) is 12.0. The lowest BCUT2D eigenvalue weighted by molar-refractivity contribution is -0.224. The molecule has 9 nitrogen and oxygen atoms in total. The number of ether oxygens (including phenoxy) is 4. The predicted molar refractivity (Wildman–Crippen MR) is 174 cm³/mol. The van der Waals surface area contributed by atoms with Crippen LogP contribution in [0.15, 0.2) is 36.5 Å². The van der Waals surface area contributed by atoms with Crippen molar-refractivity contribution in [2.24, 2.45) is 41.4 Å². The first-order chi connectivity index (χ1) is 22.2. The molecule has 1 aliphatic heterocycles. The molecule has 0 aromatic rings. The molecule has 1 saturated heterocycles. The van der Waals surface area contributed by atoms with Crippen LogP contribution in [0.4, 0.5) is 0 Å². The van der Waals surface area contributed by atoms with Crippen molar-refractivity contribution in [3.8, 4) is 0 Å². The fraction of sp³-hybridized carbons (Fsp3) is 0.737. The molecule has 4 unspecified atom stereocenters. The molecule has 0 amide bonds. The van der Waals surface area contributed by atoms with Crippen LogP contribution < -0.4 is 0 Å². The summed E-state index contributed by atoms with van der Waals surface area (Å²) in [4.78, 5) is 45.4. The number of rotatable bonds is 7. The minimum absolute atomic E-state index is 0.163. The van der Waals surface area contributed by atoms with Crippen molar-refractivity contribution in [3.05, 3.63) is 36.5 Å². The Kier molecular flexibility index (Phi) is 10.5. The number of hydrogen-bond acceptors (Lipinski definition) is 9. The Bertz CT molecular complexity index is 1250. The third-order valence-corrected chi connectivity index (χ3v) is 12.0. The Morgan fingerprint density at radius 1 is 0.766 bits per heavy atom. The van der Waals surface area contributed by atoms with E-state index < -0.39 is 29.7 Å². The van der Waals surface area contributed by atoms with E-state index in [9.17, 15) is 24.3 Å². The smallest absolute Gasteiger partial charge is 0.347 e. The molecule has 260 valence electrons. The number of aliphatic hydroxyl groups is 1. The van der Waals surface area contributed by atoms with E-state index in [0.717, 1.165) is 43.9 Å². The van der Waals surface area contributed by atoms with Crippen molar-refractivity contribution in [2.45, 2.75) is 128 Å². The normalized spacial score (nSPS) is 39.8. The lowest BCUT2D eigenvalue weighted by Crippen LogP contribution is -2.62. The molecule has 0 spiro atoms. The van der Waals surface area contributed by atoms with Crippen molar-refractivity contribution < 1.29 is 43.2 Å². The van der Waals surface area contributed by atoms with Gasteiger partial charge >= 0.3 is 23.9 Å². The van der Waals surface area contributed by atoms with Gasteiger partial charge in [-0.25, -0.2) is 19.2 Å². The van der Waals surface area contributed by atoms with Gasteiger partial charge in [0.1, 0.15) is 11.2 Å². The molecule has 0 aromatic heterocycles. The molecule has 47 heavy (non-hydrogen) atoms. The Hall–Kier alpha value is -2.94. The first-order valence-corrected chi connectivity index (χ1v) is 17.6. The van der Waals surface area contributed by atoms with Gasteiger partial charge in [-0.05, 0) is 133 Å². The van der Waals surface area contributed by atoms with Gasteiger partial charge in [0.15, 0.2) is 0 Å². The van der Waals surface area contributed by atoms with Crippen molar-refractivity contribution in [1.29, 1.82) is 0 Å². The molecule has 9 heteroatoms. The molecular formula is C38H54O9. The summed E-state index contributed by atoms with van der Waals surface area (Å²) in [7, 11) is 0. The topological polar surface area (TPSA) is 125 Å². The first kappa shape index (κ1) is 35.4. The van der Waals surface area contributed by atoms with Crippen LogP contribution >= 0.6 is 0 Å². The summed E-state index contributed by atoms with van der Waals surface area (Å²) in [6.45, 7) is 18.2. The van der Waals surface area contributed by atoms with E-state index in [1.54, 1.807) is 13.8 Å². The lowest BCUT2D eigenvalue weighted by atomic mass is 9.49. The molecule has 0 aromatic carbocycles. The molecule has 1 heterocycles. The van der Waals surface area contributed by atoms with Crippen LogP contribution in [0.5, 0.6) is 0 Å². The standard InChI is InChI=1S/C16H24O2.C14H20O3.C8H10O4/c1-4-16(18-15(17)10(2)3)13-6-11-5-12(8-13)9-14(16)7-11;1-8(2)13(16)17-14-6-9-3-10(7-14)5-11(4-9)12(14)15;1-5(2)7(9)12-6-3-4-11-8(6)10/h11-14H,2,4-9H2,1,3H3;9-12,15H,1,3-7H2,2H3;6H,1,3-4H2,2H3. The zero-order valence-corrected chi connectivity index (χ0v) is 28.7. The molecule has 9 fully saturated rings. The maximum Gasteiger partial charge on any atom is 0.347 e. The van der Waals surface area contributed by atoms with E-state index in [0.29, 0.717) is 53.8 Å². The van der Waals surface area contributed by atoms with Gasteiger partial charge in [-0.15, -0.1) is 0 Å². The van der Waals surface area contributed by atoms with Gasteiger partial charge in [-0.3, -0.25) is 0 Å². The van der Waals surface area contributed by atoms with Crippen molar-refractivity contribution in [2.75, 3.05) is 6.61 Å². The monoisotopic (exact) mass is 654 g/mol. The fourth-order valence-corrected chi connectivity index (χ4v) is 10.2. The van der Waals surface area contributed by atoms with Crippen LogP contribution in [0.1, 0.15) is 105 Å². The van der Waals surface area contributed by atoms with E-state index in [4.69, 9.17) is 14.2 Å². The van der Waals surface area contributed by atoms with Gasteiger partial charge in [0.25, 0.3) is 0 Å². The number of carbonyl (C=O) groups excluding carboxylic acids is 4. The molecule has 0 radical (unpaired) electrons. The number of carbonyl (C=O) groups is 4. The second-order valence-electron chi connectivity index (χ2n) is 15.7. The van der Waals surface area contributed by atoms with Crippen molar-refractivity contribution in [1.82, 2.24) is 0 Å². The molecule has 8 saturated carbocycles. The Labute approximate surface area is 279 Å². The van der Waals surface area contributed by atoms with Crippen LogP contribution in [0.25, 0.3) is 0 Å². The SMILES string of the molecule is C=C(C)C(=O)OC1(CC)C2CC3CC(C2)CC1C3.C=C(C)C(=O)OC12CC3CC(CC(C3)C1O)C2.C=C(C)C(=O)OC1CCOC1=O. The summed E-state index contributed by atoms with van der Waals surface area (Å²) in [5.41, 5.74) is 0.494. The zero-order chi connectivity index (χ0) is 34.3. The van der Waals surface area contributed by atoms with E-state index >= 15 is 0 Å². The van der Waals surface area contributed by atoms with Gasteiger partial charge in [0, 0.05) is 23.1 Å². The van der Waals surface area contributed by atoms with Crippen LogP contribution in [0.2, 0.25) is 0 Å². The second kappa shape index (κ2) is 13.9. The highest BCUT2D eigenvalue weighted by Gasteiger charge is 2.60. The maximum absolute atomic E-state index is 12.0. The summed E-state index contributed by atoms with van der Waals surface area (Å²) in [6, 6.07) is 0. The molecule has 1 N–H and O–H groups in total. The summed E-state index contributed by atoms with van der Waals surface area (Å²) < 4.78 is 21.0. The van der Waals surface area contributed by atoms with Crippen molar-refractivity contribution >= 4 is 23.9 Å². The molecule has 9 rings (SSSR count). The molecular weight excluding hydrogens is 600 g/mol. The predicted octanol–water partition coefficient (Wildman–Crippen LogP) is 6.18. The van der Waals surface area contributed by atoms with Gasteiger partial charge in [-0.1, -0.05) is 26.7 Å². The lowest BCUT2D eigenvalue weighted by Gasteiger charge is -2.60. The van der Waals surface area contributed by atoms with Crippen LogP contribution in [0, 0.1) is 41.4 Å². The highest BCUT2D eigenvalue weighted by Crippen LogP contribution is 2.61. The largest absolute Gasteiger partial charge is 0.463 e. The van der Waals surface area contributed by atoms with Crippen molar-refractivity contribution in [3.63, 3.8) is 0 Å². The highest BCUT2D eigenvalue weighted by molar-refractivity contribution is 5.90. The molecule has 9 aliphatic rings. The highest BCUT2D eigenvalue weighted by atomic mass is 16.6. The minimum Gasteiger partial charge on any atom is -0.463 e. The van der Waals surface area contributed by atoms with Gasteiger partial charge < -0.3 is 24.1 Å². The molecule has 8 aliphatic carbocycles. The number of esters is 4. The first-order valence-electron chi connectivity index (χ1n) is 17.6. The number of hydrogen-bond donors (Lipinski definition) is 1. The average molecular weight is 655 g/mol. The zero-order valence-electron chi connectivity index (χ0n) is 28.7. The summed E-state index contributed by atoms with van der Waals surface area (Å²) >= 11 is 0. The third kappa shape index (κ3) is 7.25. The molecule has 8 bridgehead atoms. The van der Waals surface area contributed by atoms with Crippen LogP contribution in [-0.2, 0) is 38.1 Å². The van der Waals surface area contributed by atoms with Gasteiger partial charge in [0.05, 0.1) is 12.7 Å².